The highest BCUT2D eigenvalue weighted by Gasteiger charge is 2.64. The molecule has 2 saturated heterocycles. The topological polar surface area (TPSA) is 333 Å². The van der Waals surface area contributed by atoms with E-state index in [4.69, 9.17) is 41.0 Å². The predicted molar refractivity (Wildman–Crippen MR) is 323 cm³/mol. The summed E-state index contributed by atoms with van der Waals surface area (Å²) < 4.78 is 29.5. The van der Waals surface area contributed by atoms with Gasteiger partial charge in [-0.05, 0) is 99.9 Å². The number of fused-ring (bicyclic) bond motifs is 6. The molecule has 3 aliphatic rings. The molecule has 4 bridgehead atoms. The number of aliphatic hydroxyl groups is 1. The number of primary amides is 1. The predicted octanol–water partition coefficient (Wildman–Crippen LogP) is 6.56. The molecule has 0 aliphatic carbocycles. The summed E-state index contributed by atoms with van der Waals surface area (Å²) in [5, 5.41) is 31.8. The molecule has 9 amide bonds. The number of alkyl halides is 1. The van der Waals surface area contributed by atoms with Crippen LogP contribution in [0.2, 0.25) is 5.02 Å². The van der Waals surface area contributed by atoms with Crippen LogP contribution in [0.3, 0.4) is 0 Å². The molecule has 3 aliphatic heterocycles. The second kappa shape index (κ2) is 30.2. The molecule has 10 N–H and O–H groups in total. The standard InChI is InChI=1S/C59H78BrClN10O14/c1-32(2)50(69-47(72)18-11-10-12-23-63-52(74)34(4)31-60)54(76)67-40(16-14-24-64-55(62)77)53(75)68-46-22-19-37-28-38(20-21-39(37)66-46)65-56(78)84-45-29-48(73)71(7)41-26-36(27-42(81-8)49(41)61)25-33(3)15-13-17-44(82-9)59(80)30-43(83-57(79)70-59)35(5)51-58(45,6)85-51/h13,15,17,19-22,26-28,32,35,40,43-45,50-51,80H,4,10-12,14,16,18,23-25,29-31H2,1-3,5-9H3,(H,63,74)(H,65,78)(H,67,76)(H,69,72)(H,70,79)(H3,62,64,77)(H,66,68,75)/b17-13+,33-15+/t35-,40+,43+,44-,45+,50+,51+,58+,59+/m1/s1. The van der Waals surface area contributed by atoms with E-state index in [2.05, 4.69) is 64.7 Å². The number of carbonyl (C=O) groups excluding carboxylic acids is 8. The van der Waals surface area contributed by atoms with Crippen LogP contribution in [0.4, 0.5) is 31.6 Å². The van der Waals surface area contributed by atoms with Crippen LogP contribution in [0.5, 0.6) is 5.75 Å². The number of pyridine rings is 1. The second-order valence-corrected chi connectivity index (χ2v) is 22.9. The number of aromatic nitrogens is 1. The van der Waals surface area contributed by atoms with Gasteiger partial charge in [0.1, 0.15) is 52.6 Å². The summed E-state index contributed by atoms with van der Waals surface area (Å²) in [6, 6.07) is 8.61. The fraction of sp³-hybridized carbons (Fsp3) is 0.508. The first-order chi connectivity index (χ1) is 40.3. The minimum absolute atomic E-state index is 0.0754. The fourth-order valence-electron chi connectivity index (χ4n) is 10.2. The molecule has 2 fully saturated rings. The number of carbonyl (C=O) groups is 8. The molecule has 24 nitrogen and oxygen atoms in total. The van der Waals surface area contributed by atoms with Gasteiger partial charge in [0.2, 0.25) is 29.5 Å². The lowest BCUT2D eigenvalue weighted by Gasteiger charge is -2.42. The highest BCUT2D eigenvalue weighted by atomic mass is 79.9. The first kappa shape index (κ1) is 66.8. The quantitative estimate of drug-likeness (QED) is 0.0223. The largest absolute Gasteiger partial charge is 0.495 e. The van der Waals surface area contributed by atoms with E-state index >= 15 is 0 Å². The Labute approximate surface area is 507 Å². The lowest BCUT2D eigenvalue weighted by molar-refractivity contribution is -0.142. The summed E-state index contributed by atoms with van der Waals surface area (Å²) in [7, 11) is 4.43. The van der Waals surface area contributed by atoms with Crippen molar-refractivity contribution in [3.05, 3.63) is 89.0 Å². The number of alkyl carbamates (subject to hydrolysis) is 1. The van der Waals surface area contributed by atoms with Gasteiger partial charge in [0.15, 0.2) is 5.72 Å². The van der Waals surface area contributed by atoms with Crippen LogP contribution < -0.4 is 52.6 Å². The average molecular weight is 1270 g/mol. The Balaban J connectivity index is 1.16. The first-order valence-electron chi connectivity index (χ1n) is 28.0. The summed E-state index contributed by atoms with van der Waals surface area (Å²) in [4.78, 5) is 112. The molecule has 1 aromatic heterocycles. The Bertz CT molecular complexity index is 3060. The molecule has 4 heterocycles. The molecule has 2 aromatic carbocycles. The van der Waals surface area contributed by atoms with Crippen molar-refractivity contribution in [3.63, 3.8) is 0 Å². The Kier molecular flexibility index (Phi) is 23.7. The number of halogens is 2. The van der Waals surface area contributed by atoms with E-state index in [0.717, 1.165) is 11.1 Å². The Morgan fingerprint density at radius 3 is 2.44 bits per heavy atom. The number of nitrogens with one attached hydrogen (secondary N) is 7. The molecule has 6 rings (SSSR count). The summed E-state index contributed by atoms with van der Waals surface area (Å²) >= 11 is 10.0. The zero-order valence-corrected chi connectivity index (χ0v) is 51.4. The van der Waals surface area contributed by atoms with Gasteiger partial charge in [-0.15, -0.1) is 0 Å². The van der Waals surface area contributed by atoms with Crippen molar-refractivity contribution in [1.82, 2.24) is 31.6 Å². The second-order valence-electron chi connectivity index (χ2n) is 22.0. The van der Waals surface area contributed by atoms with Gasteiger partial charge in [-0.1, -0.05) is 85.1 Å². The number of benzene rings is 2. The summed E-state index contributed by atoms with van der Waals surface area (Å²) in [5.74, 6) is -2.82. The van der Waals surface area contributed by atoms with Gasteiger partial charge >= 0.3 is 18.2 Å². The molecule has 85 heavy (non-hydrogen) atoms. The number of hydrogen-bond acceptors (Lipinski definition) is 15. The molecule has 26 heteroatoms. The minimum Gasteiger partial charge on any atom is -0.495 e. The molecular formula is C59H78BrClN10O14. The summed E-state index contributed by atoms with van der Waals surface area (Å²) in [6.07, 6.45) is 1.66. The maximum absolute atomic E-state index is 14.4. The van der Waals surface area contributed by atoms with Crippen molar-refractivity contribution in [2.24, 2.45) is 17.6 Å². The van der Waals surface area contributed by atoms with Crippen LogP contribution in [0.25, 0.3) is 10.9 Å². The number of epoxide rings is 1. The zero-order valence-electron chi connectivity index (χ0n) is 49.1. The maximum Gasteiger partial charge on any atom is 0.412 e. The highest BCUT2D eigenvalue weighted by molar-refractivity contribution is 9.09. The Hall–Kier alpha value is -7.32. The van der Waals surface area contributed by atoms with E-state index < -0.39 is 96.1 Å². The molecule has 462 valence electrons. The molecule has 0 unspecified atom stereocenters. The number of hydrogen-bond donors (Lipinski definition) is 9. The van der Waals surface area contributed by atoms with Crippen molar-refractivity contribution < 1.29 is 67.1 Å². The van der Waals surface area contributed by atoms with Crippen molar-refractivity contribution >= 4 is 103 Å². The number of unbranched alkanes of at least 4 members (excludes halogenated alkanes) is 2. The van der Waals surface area contributed by atoms with Crippen LogP contribution in [0.1, 0.15) is 91.5 Å². The average Bonchev–Trinajstić information content (AvgIpc) is 1.67. The molecule has 3 aromatic rings. The van der Waals surface area contributed by atoms with E-state index in [9.17, 15) is 43.5 Å². The summed E-state index contributed by atoms with van der Waals surface area (Å²) in [6.45, 7) is 13.1. The van der Waals surface area contributed by atoms with E-state index in [-0.39, 0.29) is 66.5 Å². The third-order valence-corrected chi connectivity index (χ3v) is 16.2. The third kappa shape index (κ3) is 18.1. The van der Waals surface area contributed by atoms with Gasteiger partial charge in [-0.3, -0.25) is 34.6 Å². The van der Waals surface area contributed by atoms with Crippen molar-refractivity contribution in [1.29, 1.82) is 0 Å². The minimum atomic E-state index is -1.89. The number of nitrogens with two attached hydrogens (primary N) is 1. The number of urea groups is 1. The number of allylic oxidation sites excluding steroid dienone is 3. The van der Waals surface area contributed by atoms with Crippen molar-refractivity contribution in [2.45, 2.75) is 140 Å². The highest BCUT2D eigenvalue weighted by Crippen LogP contribution is 2.49. The Morgan fingerprint density at radius 1 is 1.00 bits per heavy atom. The van der Waals surface area contributed by atoms with Crippen LogP contribution in [0, 0.1) is 11.8 Å². The molecule has 0 radical (unpaired) electrons. The van der Waals surface area contributed by atoms with Crippen molar-refractivity contribution in [2.75, 3.05) is 55.2 Å². The van der Waals surface area contributed by atoms with Crippen LogP contribution in [-0.2, 0) is 49.3 Å². The van der Waals surface area contributed by atoms with Crippen LogP contribution in [-0.4, -0.2) is 145 Å². The smallest absolute Gasteiger partial charge is 0.412 e. The number of rotatable bonds is 22. The van der Waals surface area contributed by atoms with E-state index in [1.54, 1.807) is 83.3 Å². The number of anilines is 3. The van der Waals surface area contributed by atoms with Gasteiger partial charge in [0.25, 0.3) is 0 Å². The van der Waals surface area contributed by atoms with E-state index in [0.29, 0.717) is 65.5 Å². The van der Waals surface area contributed by atoms with Gasteiger partial charge in [0.05, 0.1) is 30.8 Å². The normalized spacial score (nSPS) is 23.9. The number of nitrogens with zero attached hydrogens (tertiary/aromatic N) is 2. The third-order valence-electron chi connectivity index (χ3n) is 15.1. The lowest BCUT2D eigenvalue weighted by atomic mass is 9.83. The summed E-state index contributed by atoms with van der Waals surface area (Å²) in [5.41, 5.74) is 5.14. The number of amides is 9. The lowest BCUT2D eigenvalue weighted by Crippen LogP contribution is -2.63. The maximum atomic E-state index is 14.4. The molecule has 0 saturated carbocycles. The Morgan fingerprint density at radius 2 is 1.74 bits per heavy atom. The molecule has 9 atom stereocenters. The monoisotopic (exact) mass is 1260 g/mol. The SMILES string of the molecule is C=C(CBr)C(=O)NCCCCCC(=O)N[C@H](C(=O)N[C@@H](CCCNC(N)=O)C(=O)Nc1ccc2cc(NC(=O)O[C@H]3CC(=O)N(C)c4cc(cc(OC)c4Cl)C/C(C)=C/C=C/[C@@H](OC)[C@@]4(O)C[C@H](OC(=O)N4)[C@@H](C)[C@@H]4O[C@@]34C)ccc2n1)C(C)C. The molecule has 0 spiro atoms. The van der Waals surface area contributed by atoms with Gasteiger partial charge in [0, 0.05) is 68.0 Å². The fourth-order valence-corrected chi connectivity index (χ4v) is 10.7. The molecular weight excluding hydrogens is 1190 g/mol. The van der Waals surface area contributed by atoms with E-state index in [1.165, 1.54) is 25.2 Å². The number of methoxy groups -OCH3 is 2. The van der Waals surface area contributed by atoms with E-state index in [1.807, 2.05) is 13.0 Å². The van der Waals surface area contributed by atoms with Gasteiger partial charge in [-0.2, -0.15) is 0 Å². The van der Waals surface area contributed by atoms with Gasteiger partial charge < -0.3 is 66.0 Å². The number of ether oxygens (including phenoxy) is 5. The zero-order chi connectivity index (χ0) is 62.3. The van der Waals surface area contributed by atoms with Crippen LogP contribution in [0.15, 0.2) is 78.4 Å². The first-order valence-corrected chi connectivity index (χ1v) is 29.5. The van der Waals surface area contributed by atoms with Crippen molar-refractivity contribution in [3.8, 4) is 5.75 Å². The van der Waals surface area contributed by atoms with Crippen LogP contribution >= 0.6 is 27.5 Å². The van der Waals surface area contributed by atoms with Gasteiger partial charge in [-0.25, -0.2) is 19.4 Å².